The number of sulfone groups is 4. The number of imidazole rings is 3. The number of thiazole rings is 1. The van der Waals surface area contributed by atoms with E-state index in [-0.39, 0.29) is 63.9 Å². The predicted molar refractivity (Wildman–Crippen MR) is 505 cm³/mol. The number of benzene rings is 10. The number of hydroxylamine groups is 4. The van der Waals surface area contributed by atoms with E-state index >= 15 is 0 Å². The van der Waals surface area contributed by atoms with E-state index in [0.717, 1.165) is 50.1 Å². The number of fused-ring (bicyclic) bond motifs is 5. The van der Waals surface area contributed by atoms with Gasteiger partial charge < -0.3 is 15.0 Å². The molecule has 0 saturated heterocycles. The molecule has 666 valence electrons. The predicted octanol–water partition coefficient (Wildman–Crippen LogP) is 18.9. The first-order chi connectivity index (χ1) is 63.3. The largest absolute Gasteiger partial charge is 0.337 e. The molecule has 0 saturated carbocycles. The molecule has 0 bridgehead atoms. The zero-order valence-corrected chi connectivity index (χ0v) is 77.3. The van der Waals surface area contributed by atoms with Crippen molar-refractivity contribution in [3.63, 3.8) is 0 Å². The van der Waals surface area contributed by atoms with E-state index in [0.29, 0.717) is 120 Å². The van der Waals surface area contributed by atoms with Gasteiger partial charge in [-0.05, 0) is 181 Å². The Morgan fingerprint density at radius 2 is 0.909 bits per heavy atom. The van der Waals surface area contributed by atoms with Crippen molar-refractivity contribution >= 4 is 176 Å². The molecule has 10 heterocycles. The lowest BCUT2D eigenvalue weighted by atomic mass is 10.2. The Morgan fingerprint density at radius 3 is 1.43 bits per heavy atom. The van der Waals surface area contributed by atoms with Crippen LogP contribution >= 0.6 is 80.9 Å². The summed E-state index contributed by atoms with van der Waals surface area (Å²) < 4.78 is 143. The normalized spacial score (nSPS) is 15.0. The molecule has 26 nitrogen and oxygen atoms in total. The Bertz CT molecular complexity index is 8210. The smallest absolute Gasteiger partial charge is 0.182 e. The summed E-state index contributed by atoms with van der Waals surface area (Å²) in [6.45, 7) is 0. The molecule has 5 aliphatic rings. The summed E-state index contributed by atoms with van der Waals surface area (Å²) in [5.41, 5.74) is 8.44. The van der Waals surface area contributed by atoms with Gasteiger partial charge in [-0.15, -0.1) is 11.3 Å². The highest BCUT2D eigenvalue weighted by Gasteiger charge is 2.27. The molecule has 5 aliphatic heterocycles. The number of allylic oxidation sites excluding steroid dienone is 7. The number of H-pyrrole nitrogens is 3. The van der Waals surface area contributed by atoms with E-state index in [1.807, 2.05) is 54.1 Å². The van der Waals surface area contributed by atoms with Gasteiger partial charge in [-0.2, -0.15) is 0 Å². The van der Waals surface area contributed by atoms with Crippen LogP contribution < -0.4 is 21.4 Å². The number of aromatic nitrogens is 8. The quantitative estimate of drug-likeness (QED) is 0.0533. The highest BCUT2D eigenvalue weighted by Crippen LogP contribution is 2.34. The van der Waals surface area contributed by atoms with Crippen LogP contribution in [0.2, 0.25) is 30.1 Å². The molecule has 20 rings (SSSR count). The molecule has 10 aromatic carbocycles. The standard InChI is InChI=1S/C19H13Cl2N3OS.2C19H13ClFN3O3S.C18H14ClN3O2S.C17H12ClN3O2S2/c20-13-6-2-1-5-12(13)11-26(25)18-10-17-16(9-14(18)21)23-19(24-17)15-7-3-4-8-22-15;20-14-5-3-4-12(18(14)21)11-28(26,27)13-7-8-15-16(10-13)23-19(22-15)17-6-1-2-9-24(17)25;20-13-5-4-12(15(21)9-13)11-28(26,27)14-6-7-16-17(10-14)23-19(22-16)18-3-1-2-8-24(18)25;19-14-5-2-1-4-12(14)11-25(23,24)13-7-8-15-17(10-13)22-18(21-15)16-6-3-9-20-16;18-13-4-2-1-3-11(13)10-25(22,23)12-5-6-14-15(9-12)21-16(20-14)17-19-7-8-24-17/h1-10H,11H2,(H,23,24);2*1-10,25H,11H2;1-2,4-10H,3,11H2,(H,21,22);1-9H,10H2,(H,20,21). The SMILES string of the molecule is O=S(=O)(Cc1ccc(Cl)cc1F)c1ccc2c(c1)=NC(=C1C=CC=CN1O)N=2.O=S(=O)(Cc1cccc(Cl)c1F)c1ccc2c(c1)=NC(=C1C=CC=CN1O)N=2.O=S(=O)(Cc1ccccc1Cl)c1ccc2nc(-c3nccs3)[nH]c2c1.O=S(=O)(Cc1ccccc1Cl)c1ccc2nc(C3=CCC=N3)[nH]c2c1.O=S(Cc1ccccc1Cl)c1cc2[nH]c(-c3ccccn3)nc2cc1Cl. The van der Waals surface area contributed by atoms with Crippen LogP contribution in [0.1, 0.15) is 40.1 Å². The summed E-state index contributed by atoms with van der Waals surface area (Å²) in [5, 5.41) is 27.8. The average Bonchev–Trinajstić information content (AvgIpc) is 1.64. The van der Waals surface area contributed by atoms with E-state index in [4.69, 9.17) is 69.6 Å². The maximum absolute atomic E-state index is 14.1. The number of nitrogens with zero attached hydrogens (tertiary/aromatic N) is 12. The molecule has 15 aromatic rings. The Balaban J connectivity index is 0.000000120. The Kier molecular flexibility index (Phi) is 28.0. The van der Waals surface area contributed by atoms with Crippen LogP contribution in [0.5, 0.6) is 0 Å². The zero-order valence-electron chi connectivity index (χ0n) is 67.9. The summed E-state index contributed by atoms with van der Waals surface area (Å²) in [7, 11) is -16.0. The van der Waals surface area contributed by atoms with Crippen molar-refractivity contribution in [3.8, 4) is 22.4 Å². The van der Waals surface area contributed by atoms with Crippen molar-refractivity contribution in [2.75, 3.05) is 0 Å². The third-order valence-electron chi connectivity index (χ3n) is 20.1. The summed E-state index contributed by atoms with van der Waals surface area (Å²) in [4.78, 5) is 53.9. The molecule has 0 aliphatic carbocycles. The molecule has 0 fully saturated rings. The van der Waals surface area contributed by atoms with E-state index in [9.17, 15) is 57.1 Å². The second kappa shape index (κ2) is 39.9. The van der Waals surface area contributed by atoms with Gasteiger partial charge in [-0.25, -0.2) is 92.5 Å². The summed E-state index contributed by atoms with van der Waals surface area (Å²) >= 11 is 37.6. The molecule has 0 radical (unpaired) electrons. The van der Waals surface area contributed by atoms with Gasteiger partial charge in [0.2, 0.25) is 0 Å². The van der Waals surface area contributed by atoms with Crippen LogP contribution in [0, 0.1) is 11.6 Å². The van der Waals surface area contributed by atoms with E-state index in [1.54, 1.807) is 152 Å². The molecule has 1 atom stereocenters. The van der Waals surface area contributed by atoms with Crippen molar-refractivity contribution in [1.82, 2.24) is 50.0 Å². The fourth-order valence-electron chi connectivity index (χ4n) is 13.5. The third-order valence-corrected chi connectivity index (χ3v) is 31.0. The fourth-order valence-corrected chi connectivity index (χ4v) is 22.5. The number of rotatable bonds is 18. The Labute approximate surface area is 788 Å². The maximum Gasteiger partial charge on any atom is 0.182 e. The fraction of sp³-hybridized carbons (Fsp3) is 0.0652. The van der Waals surface area contributed by atoms with Gasteiger partial charge in [-0.3, -0.25) is 24.6 Å². The van der Waals surface area contributed by atoms with Crippen LogP contribution in [-0.4, -0.2) is 105 Å². The second-order valence-electron chi connectivity index (χ2n) is 29.1. The number of pyridine rings is 1. The number of nitrogens with one attached hydrogen (secondary N) is 3. The van der Waals surface area contributed by atoms with Crippen molar-refractivity contribution in [2.45, 2.75) is 59.7 Å². The van der Waals surface area contributed by atoms with Gasteiger partial charge in [0.05, 0.1) is 129 Å². The van der Waals surface area contributed by atoms with Crippen molar-refractivity contribution in [1.29, 1.82) is 0 Å². The number of halogens is 8. The summed E-state index contributed by atoms with van der Waals surface area (Å²) in [6, 6.07) is 56.9. The number of aliphatic imine (C=N–C) groups is 1. The van der Waals surface area contributed by atoms with Crippen LogP contribution in [0.3, 0.4) is 0 Å². The van der Waals surface area contributed by atoms with Crippen molar-refractivity contribution in [2.24, 2.45) is 25.0 Å². The lowest BCUT2D eigenvalue weighted by molar-refractivity contribution is -0.00171. The first-order valence-corrected chi connectivity index (χ1v) is 50.3. The molecule has 1 unspecified atom stereocenters. The van der Waals surface area contributed by atoms with Crippen molar-refractivity contribution < 1.29 is 57.1 Å². The van der Waals surface area contributed by atoms with Crippen LogP contribution in [0.25, 0.3) is 61.1 Å². The van der Waals surface area contributed by atoms with E-state index in [2.05, 4.69) is 64.8 Å². The number of hydrogen-bond donors (Lipinski definition) is 5. The highest BCUT2D eigenvalue weighted by atomic mass is 35.5. The highest BCUT2D eigenvalue weighted by molar-refractivity contribution is 7.91. The van der Waals surface area contributed by atoms with Gasteiger partial charge in [0, 0.05) is 74.0 Å². The molecule has 0 amide bonds. The Morgan fingerprint density at radius 1 is 0.432 bits per heavy atom. The van der Waals surface area contributed by atoms with Crippen molar-refractivity contribution in [3.05, 3.63) is 405 Å². The second-order valence-corrected chi connectivity index (χ2v) is 41.9. The van der Waals surface area contributed by atoms with Gasteiger partial charge in [-0.1, -0.05) is 161 Å². The first kappa shape index (κ1) is 92.8. The topological polar surface area (TPSA) is 374 Å². The van der Waals surface area contributed by atoms with Gasteiger partial charge in [0.25, 0.3) is 0 Å². The summed E-state index contributed by atoms with van der Waals surface area (Å²) in [5.74, 6) is -0.0126. The average molecular weight is 2000 g/mol. The molecule has 5 aromatic heterocycles. The minimum atomic E-state index is -3.83. The zero-order chi connectivity index (χ0) is 92.8. The minimum absolute atomic E-state index is 0.00392. The molecular formula is C92H65Cl6F2N15O11S6. The molecule has 5 N–H and O–H groups in total. The van der Waals surface area contributed by atoms with E-state index < -0.39 is 73.3 Å². The van der Waals surface area contributed by atoms with Crippen LogP contribution in [0.15, 0.2) is 358 Å². The van der Waals surface area contributed by atoms with Gasteiger partial charge in [0.15, 0.2) is 73.5 Å². The lowest BCUT2D eigenvalue weighted by Crippen LogP contribution is -2.23. The molecule has 132 heavy (non-hydrogen) atoms. The van der Waals surface area contributed by atoms with Crippen LogP contribution in [0.4, 0.5) is 8.78 Å². The molecular weight excluding hydrogens is 1930 g/mol. The van der Waals surface area contributed by atoms with E-state index in [1.165, 1.54) is 90.5 Å². The first-order valence-electron chi connectivity index (χ1n) is 39.2. The molecule has 40 heteroatoms. The minimum Gasteiger partial charge on any atom is -0.337 e. The maximum atomic E-state index is 14.1. The van der Waals surface area contributed by atoms with Gasteiger partial charge >= 0.3 is 0 Å². The summed E-state index contributed by atoms with van der Waals surface area (Å²) in [6.07, 6.45) is 20.8. The Hall–Kier alpha value is -12.5. The number of hydrogen-bond acceptors (Lipinski definition) is 24. The third kappa shape index (κ3) is 21.6. The van der Waals surface area contributed by atoms with Gasteiger partial charge in [0.1, 0.15) is 34.4 Å². The molecule has 0 spiro atoms. The number of aromatic amines is 3. The monoisotopic (exact) mass is 2000 g/mol. The lowest BCUT2D eigenvalue weighted by Gasteiger charge is -2.15. The van der Waals surface area contributed by atoms with Crippen LogP contribution in [-0.2, 0) is 78.9 Å².